The summed E-state index contributed by atoms with van der Waals surface area (Å²) in [6.45, 7) is 0. The number of nitrogen functional groups attached to an aromatic ring is 1. The van der Waals surface area contributed by atoms with Crippen LogP contribution in [0.25, 0.3) is 0 Å². The molecule has 92 valence electrons. The minimum Gasteiger partial charge on any atom is -0.308 e. The number of nitrogens with one attached hydrogen (secondary N) is 3. The lowest BCUT2D eigenvalue weighted by Gasteiger charge is -2.04. The zero-order chi connectivity index (χ0) is 13.0. The second-order valence-electron chi connectivity index (χ2n) is 3.33. The van der Waals surface area contributed by atoms with Crippen LogP contribution in [0, 0.1) is 0 Å². The number of nitrogens with two attached hydrogens (primary N) is 1. The van der Waals surface area contributed by atoms with Crippen LogP contribution in [-0.4, -0.2) is 21.1 Å². The molecule has 0 aliphatic rings. The molecule has 0 aromatic carbocycles. The predicted molar refractivity (Wildman–Crippen MR) is 64.9 cm³/mol. The summed E-state index contributed by atoms with van der Waals surface area (Å²) in [5.74, 6) is 5.43. The van der Waals surface area contributed by atoms with Crippen molar-refractivity contribution in [1.82, 2.24) is 15.2 Å². The topological polar surface area (TPSA) is 126 Å². The molecule has 8 nitrogen and oxygen atoms in total. The average molecular weight is 246 g/mol. The van der Waals surface area contributed by atoms with E-state index in [1.807, 2.05) is 0 Å². The molecule has 2 rings (SSSR count). The molecule has 0 atom stereocenters. The number of hydrogen-bond acceptors (Lipinski definition) is 6. The van der Waals surface area contributed by atoms with E-state index in [2.05, 4.69) is 25.9 Å². The number of aromatic nitrogens is 3. The number of anilines is 2. The lowest BCUT2D eigenvalue weighted by atomic mass is 10.2. The molecule has 18 heavy (non-hydrogen) atoms. The molecule has 0 fully saturated rings. The Kier molecular flexibility index (Phi) is 3.30. The van der Waals surface area contributed by atoms with Crippen molar-refractivity contribution in [1.29, 1.82) is 0 Å². The number of amides is 1. The minimum atomic E-state index is -0.381. The van der Waals surface area contributed by atoms with Crippen molar-refractivity contribution in [2.75, 3.05) is 10.7 Å². The molecule has 1 amide bonds. The summed E-state index contributed by atoms with van der Waals surface area (Å²) in [7, 11) is 0. The van der Waals surface area contributed by atoms with Crippen molar-refractivity contribution in [3.05, 3.63) is 46.4 Å². The zero-order valence-corrected chi connectivity index (χ0v) is 9.18. The van der Waals surface area contributed by atoms with Crippen LogP contribution >= 0.6 is 0 Å². The molecule has 0 radical (unpaired) electrons. The molecule has 2 aromatic heterocycles. The zero-order valence-electron chi connectivity index (χ0n) is 9.18. The predicted octanol–water partition coefficient (Wildman–Crippen LogP) is -0.297. The summed E-state index contributed by atoms with van der Waals surface area (Å²) in [6.07, 6.45) is 1.45. The molecule has 0 spiro atoms. The largest absolute Gasteiger partial charge is 0.308 e. The summed E-state index contributed by atoms with van der Waals surface area (Å²) in [6, 6.07) is 5.69. The van der Waals surface area contributed by atoms with Gasteiger partial charge in [0, 0.05) is 17.8 Å². The quantitative estimate of drug-likeness (QED) is 0.435. The number of carbonyl (C=O) groups excluding carboxylic acids is 1. The number of carbonyl (C=O) groups is 1. The van der Waals surface area contributed by atoms with Gasteiger partial charge in [0.15, 0.2) is 5.82 Å². The number of rotatable bonds is 3. The third-order valence-electron chi connectivity index (χ3n) is 2.09. The summed E-state index contributed by atoms with van der Waals surface area (Å²) in [5, 5.41) is 8.40. The molecule has 0 aliphatic carbocycles. The van der Waals surface area contributed by atoms with Gasteiger partial charge in [-0.3, -0.25) is 9.59 Å². The van der Waals surface area contributed by atoms with Gasteiger partial charge in [-0.25, -0.2) is 15.9 Å². The van der Waals surface area contributed by atoms with E-state index >= 15 is 0 Å². The van der Waals surface area contributed by atoms with Gasteiger partial charge in [0.2, 0.25) is 0 Å². The number of pyridine rings is 1. The monoisotopic (exact) mass is 246 g/mol. The first-order chi connectivity index (χ1) is 8.69. The fraction of sp³-hybridized carbons (Fsp3) is 0. The average Bonchev–Trinajstić information content (AvgIpc) is 2.41. The van der Waals surface area contributed by atoms with Crippen LogP contribution in [0.4, 0.5) is 11.6 Å². The van der Waals surface area contributed by atoms with E-state index < -0.39 is 0 Å². The van der Waals surface area contributed by atoms with Gasteiger partial charge in [-0.2, -0.15) is 5.10 Å². The molecular formula is C10H10N6O2. The molecule has 0 unspecified atom stereocenters. The highest BCUT2D eigenvalue weighted by Gasteiger charge is 2.07. The van der Waals surface area contributed by atoms with E-state index in [9.17, 15) is 9.59 Å². The van der Waals surface area contributed by atoms with E-state index in [4.69, 9.17) is 5.84 Å². The highest BCUT2D eigenvalue weighted by atomic mass is 16.2. The van der Waals surface area contributed by atoms with Crippen LogP contribution in [-0.2, 0) is 0 Å². The van der Waals surface area contributed by atoms with Crippen molar-refractivity contribution in [3.63, 3.8) is 0 Å². The Balaban J connectivity index is 2.16. The molecule has 0 aliphatic heterocycles. The highest BCUT2D eigenvalue weighted by molar-refractivity contribution is 6.04. The van der Waals surface area contributed by atoms with Crippen molar-refractivity contribution in [2.24, 2.45) is 5.84 Å². The van der Waals surface area contributed by atoms with Crippen LogP contribution < -0.4 is 22.1 Å². The molecule has 0 saturated carbocycles. The van der Waals surface area contributed by atoms with Gasteiger partial charge in [-0.15, -0.1) is 0 Å². The third-order valence-corrected chi connectivity index (χ3v) is 2.09. The Hall–Kier alpha value is -2.74. The maximum atomic E-state index is 11.8. The Morgan fingerprint density at radius 1 is 1.28 bits per heavy atom. The van der Waals surface area contributed by atoms with Gasteiger partial charge >= 0.3 is 0 Å². The minimum absolute atomic E-state index is 0.249. The second-order valence-corrected chi connectivity index (χ2v) is 3.33. The summed E-state index contributed by atoms with van der Waals surface area (Å²) in [5.41, 5.74) is 2.36. The maximum Gasteiger partial charge on any atom is 0.264 e. The van der Waals surface area contributed by atoms with E-state index in [0.29, 0.717) is 11.4 Å². The Morgan fingerprint density at radius 2 is 2.11 bits per heavy atom. The fourth-order valence-electron chi connectivity index (χ4n) is 1.25. The fourth-order valence-corrected chi connectivity index (χ4v) is 1.25. The highest BCUT2D eigenvalue weighted by Crippen LogP contribution is 2.07. The first-order valence-electron chi connectivity index (χ1n) is 4.99. The first kappa shape index (κ1) is 11.7. The second kappa shape index (κ2) is 5.06. The van der Waals surface area contributed by atoms with Gasteiger partial charge in [-0.1, -0.05) is 0 Å². The molecule has 0 saturated heterocycles. The van der Waals surface area contributed by atoms with Gasteiger partial charge in [0.1, 0.15) is 5.82 Å². The van der Waals surface area contributed by atoms with E-state index in [0.717, 1.165) is 0 Å². The van der Waals surface area contributed by atoms with Crippen LogP contribution in [0.5, 0.6) is 0 Å². The van der Waals surface area contributed by atoms with Gasteiger partial charge in [0.25, 0.3) is 11.5 Å². The molecule has 0 bridgehead atoms. The third kappa shape index (κ3) is 2.68. The van der Waals surface area contributed by atoms with Crippen molar-refractivity contribution >= 4 is 17.5 Å². The van der Waals surface area contributed by atoms with Crippen molar-refractivity contribution in [2.45, 2.75) is 0 Å². The lowest BCUT2D eigenvalue weighted by molar-refractivity contribution is 0.102. The Labute approximate surface area is 101 Å². The summed E-state index contributed by atoms with van der Waals surface area (Å²) in [4.78, 5) is 26.5. The molecule has 2 aromatic rings. The maximum absolute atomic E-state index is 11.8. The lowest BCUT2D eigenvalue weighted by Crippen LogP contribution is -2.16. The number of H-pyrrole nitrogens is 1. The molecular weight excluding hydrogens is 236 g/mol. The van der Waals surface area contributed by atoms with Crippen LogP contribution in [0.1, 0.15) is 10.4 Å². The normalized spacial score (nSPS) is 9.83. The molecule has 2 heterocycles. The summed E-state index contributed by atoms with van der Waals surface area (Å²) >= 11 is 0. The van der Waals surface area contributed by atoms with Gasteiger partial charge in [-0.05, 0) is 18.2 Å². The Morgan fingerprint density at radius 3 is 2.78 bits per heavy atom. The van der Waals surface area contributed by atoms with Crippen LogP contribution in [0.3, 0.4) is 0 Å². The van der Waals surface area contributed by atoms with Gasteiger partial charge in [0.05, 0.1) is 0 Å². The van der Waals surface area contributed by atoms with Crippen LogP contribution in [0.2, 0.25) is 0 Å². The van der Waals surface area contributed by atoms with E-state index in [1.165, 1.54) is 30.5 Å². The SMILES string of the molecule is NNc1cc(C(=O)Nc2ccc(=O)[nH]n2)ccn1. The van der Waals surface area contributed by atoms with Gasteiger partial charge < -0.3 is 10.7 Å². The van der Waals surface area contributed by atoms with Crippen LogP contribution in [0.15, 0.2) is 35.3 Å². The standard InChI is InChI=1S/C10H10N6O2/c11-14-8-5-6(3-4-12-8)10(18)13-7-1-2-9(17)16-15-7/h1-5H,11H2,(H,12,14)(H,16,17)(H,13,15,18). The molecule has 5 N–H and O–H groups in total. The van der Waals surface area contributed by atoms with Crippen molar-refractivity contribution < 1.29 is 4.79 Å². The smallest absolute Gasteiger partial charge is 0.264 e. The Bertz CT molecular complexity index is 603. The van der Waals surface area contributed by atoms with Crippen molar-refractivity contribution in [3.8, 4) is 0 Å². The number of hydrazine groups is 1. The summed E-state index contributed by atoms with van der Waals surface area (Å²) < 4.78 is 0. The number of hydrogen-bond donors (Lipinski definition) is 4. The first-order valence-corrected chi connectivity index (χ1v) is 4.99. The number of aromatic amines is 1. The van der Waals surface area contributed by atoms with E-state index in [1.54, 1.807) is 0 Å². The molecule has 8 heteroatoms. The number of nitrogens with zero attached hydrogens (tertiary/aromatic N) is 2. The van der Waals surface area contributed by atoms with E-state index in [-0.39, 0.29) is 17.3 Å².